The van der Waals surface area contributed by atoms with Gasteiger partial charge >= 0.3 is 6.09 Å². The molecule has 2 heterocycles. The number of rotatable bonds is 4. The fraction of sp³-hybridized carbons (Fsp3) is 0.824. The lowest BCUT2D eigenvalue weighted by atomic mass is 9.88. The van der Waals surface area contributed by atoms with Gasteiger partial charge in [0.15, 0.2) is 6.23 Å². The van der Waals surface area contributed by atoms with Crippen molar-refractivity contribution < 1.29 is 24.1 Å². The Balaban J connectivity index is 2.34. The fourth-order valence-electron chi connectivity index (χ4n) is 3.25. The first-order valence-electron chi connectivity index (χ1n) is 8.40. The molecule has 2 rings (SSSR count). The van der Waals surface area contributed by atoms with Crippen LogP contribution < -0.4 is 0 Å². The third-order valence-corrected chi connectivity index (χ3v) is 4.07. The highest BCUT2D eigenvalue weighted by atomic mass is 16.6. The molecule has 132 valence electrons. The van der Waals surface area contributed by atoms with Crippen molar-refractivity contribution in [2.75, 3.05) is 13.2 Å². The Kier molecular flexibility index (Phi) is 5.38. The van der Waals surface area contributed by atoms with Crippen LogP contribution in [0.3, 0.4) is 0 Å². The third kappa shape index (κ3) is 3.87. The summed E-state index contributed by atoms with van der Waals surface area (Å²) in [5.74, 6) is -1.42. The van der Waals surface area contributed by atoms with Crippen LogP contribution in [0.4, 0.5) is 4.79 Å². The number of nitrogens with zero attached hydrogens (tertiary/aromatic N) is 1. The maximum atomic E-state index is 12.8. The second kappa shape index (κ2) is 6.79. The molecular weight excluding hydrogens is 298 g/mol. The Morgan fingerprint density at radius 3 is 2.70 bits per heavy atom. The first kappa shape index (κ1) is 18.2. The minimum Gasteiger partial charge on any atom is -0.444 e. The van der Waals surface area contributed by atoms with Crippen LogP contribution in [0.5, 0.6) is 0 Å². The van der Waals surface area contributed by atoms with Gasteiger partial charge in [0.05, 0.1) is 6.61 Å². The molecule has 0 bridgehead atoms. The number of carbonyl (C=O) groups excluding carboxylic acids is 1. The molecular formula is C17H29NO5. The lowest BCUT2D eigenvalue weighted by Crippen LogP contribution is -2.61. The largest absolute Gasteiger partial charge is 0.444 e. The zero-order valence-electron chi connectivity index (χ0n) is 14.7. The van der Waals surface area contributed by atoms with Crippen LogP contribution in [0.2, 0.25) is 0 Å². The van der Waals surface area contributed by atoms with Crippen molar-refractivity contribution >= 4 is 6.09 Å². The van der Waals surface area contributed by atoms with Crippen molar-refractivity contribution in [3.8, 4) is 0 Å². The van der Waals surface area contributed by atoms with Crippen molar-refractivity contribution in [3.63, 3.8) is 0 Å². The van der Waals surface area contributed by atoms with Crippen molar-refractivity contribution in [1.82, 2.24) is 4.90 Å². The molecule has 0 aromatic heterocycles. The van der Waals surface area contributed by atoms with E-state index in [0.29, 0.717) is 13.2 Å². The van der Waals surface area contributed by atoms with Gasteiger partial charge in [-0.05, 0) is 46.3 Å². The van der Waals surface area contributed by atoms with Crippen molar-refractivity contribution in [1.29, 1.82) is 0 Å². The van der Waals surface area contributed by atoms with Gasteiger partial charge in [-0.25, -0.2) is 4.79 Å². The van der Waals surface area contributed by atoms with Gasteiger partial charge < -0.3 is 19.3 Å². The summed E-state index contributed by atoms with van der Waals surface area (Å²) in [6.45, 7) is 10.3. The highest BCUT2D eigenvalue weighted by molar-refractivity contribution is 5.70. The summed E-state index contributed by atoms with van der Waals surface area (Å²) in [5.41, 5.74) is -0.618. The zero-order valence-corrected chi connectivity index (χ0v) is 14.7. The Labute approximate surface area is 138 Å². The normalized spacial score (nSPS) is 33.7. The molecule has 23 heavy (non-hydrogen) atoms. The molecule has 1 N–H and O–H groups in total. The summed E-state index contributed by atoms with van der Waals surface area (Å²) >= 11 is 0. The van der Waals surface area contributed by atoms with E-state index in [-0.39, 0.29) is 5.92 Å². The smallest absolute Gasteiger partial charge is 0.413 e. The molecule has 6 heteroatoms. The van der Waals surface area contributed by atoms with Crippen LogP contribution >= 0.6 is 0 Å². The van der Waals surface area contributed by atoms with Crippen LogP contribution in [0.25, 0.3) is 0 Å². The number of hydrogen-bond acceptors (Lipinski definition) is 5. The second-order valence-electron chi connectivity index (χ2n) is 7.15. The van der Waals surface area contributed by atoms with E-state index in [1.807, 2.05) is 27.7 Å². The average Bonchev–Trinajstić information content (AvgIpc) is 2.75. The first-order chi connectivity index (χ1) is 10.7. The molecule has 0 aliphatic carbocycles. The molecule has 1 unspecified atom stereocenters. The van der Waals surface area contributed by atoms with Crippen LogP contribution in [0.15, 0.2) is 12.2 Å². The summed E-state index contributed by atoms with van der Waals surface area (Å²) in [5, 5.41) is 10.8. The van der Waals surface area contributed by atoms with E-state index in [9.17, 15) is 9.90 Å². The average molecular weight is 327 g/mol. The number of fused-ring (bicyclic) bond motifs is 1. The van der Waals surface area contributed by atoms with Gasteiger partial charge in [0.1, 0.15) is 11.6 Å². The number of carbonyl (C=O) groups is 1. The van der Waals surface area contributed by atoms with Crippen LogP contribution in [0, 0.1) is 5.92 Å². The van der Waals surface area contributed by atoms with E-state index >= 15 is 0 Å². The van der Waals surface area contributed by atoms with Crippen molar-refractivity contribution in [2.45, 2.75) is 71.1 Å². The zero-order chi connectivity index (χ0) is 17.3. The van der Waals surface area contributed by atoms with E-state index in [1.54, 1.807) is 12.2 Å². The van der Waals surface area contributed by atoms with Gasteiger partial charge in [0, 0.05) is 12.5 Å². The first-order valence-corrected chi connectivity index (χ1v) is 8.40. The summed E-state index contributed by atoms with van der Waals surface area (Å²) in [6, 6.07) is -0.501. The summed E-state index contributed by atoms with van der Waals surface area (Å²) in [7, 11) is 0. The van der Waals surface area contributed by atoms with Gasteiger partial charge in [0.2, 0.25) is 5.79 Å². The van der Waals surface area contributed by atoms with Gasteiger partial charge in [-0.2, -0.15) is 0 Å². The molecule has 0 aromatic carbocycles. The lowest BCUT2D eigenvalue weighted by molar-refractivity contribution is -0.187. The highest BCUT2D eigenvalue weighted by Gasteiger charge is 2.56. The van der Waals surface area contributed by atoms with Gasteiger partial charge in [-0.1, -0.05) is 13.3 Å². The molecule has 4 atom stereocenters. The van der Waals surface area contributed by atoms with Gasteiger partial charge in [-0.3, -0.25) is 4.90 Å². The van der Waals surface area contributed by atoms with E-state index in [2.05, 4.69) is 6.92 Å². The maximum absolute atomic E-state index is 12.8. The van der Waals surface area contributed by atoms with Crippen molar-refractivity contribution in [2.24, 2.45) is 5.92 Å². The number of ether oxygens (including phenoxy) is 3. The monoisotopic (exact) mass is 327 g/mol. The predicted molar refractivity (Wildman–Crippen MR) is 85.7 cm³/mol. The predicted octanol–water partition coefficient (Wildman–Crippen LogP) is 2.66. The molecule has 2 aliphatic rings. The Hall–Kier alpha value is -1.11. The van der Waals surface area contributed by atoms with E-state index in [1.165, 1.54) is 4.90 Å². The van der Waals surface area contributed by atoms with E-state index < -0.39 is 29.8 Å². The number of hydrogen-bond donors (Lipinski definition) is 1. The maximum Gasteiger partial charge on any atom is 0.413 e. The highest BCUT2D eigenvalue weighted by Crippen LogP contribution is 2.40. The number of amides is 1. The Bertz CT molecular complexity index is 458. The quantitative estimate of drug-likeness (QED) is 0.804. The van der Waals surface area contributed by atoms with Crippen LogP contribution in [-0.4, -0.2) is 53.0 Å². The molecule has 1 saturated heterocycles. The second-order valence-corrected chi connectivity index (χ2v) is 7.15. The molecule has 2 aliphatic heterocycles. The molecule has 0 spiro atoms. The van der Waals surface area contributed by atoms with Gasteiger partial charge in [-0.15, -0.1) is 0 Å². The SMILES string of the molecule is CCC[C@@H]1CO[C@@]2(O)C=CC(OCC)N(C(=O)OC(C)(C)C)[C@@H]12. The Morgan fingerprint density at radius 1 is 1.43 bits per heavy atom. The minimum absolute atomic E-state index is 0.0467. The van der Waals surface area contributed by atoms with Crippen molar-refractivity contribution in [3.05, 3.63) is 12.2 Å². The molecule has 6 nitrogen and oxygen atoms in total. The molecule has 0 saturated carbocycles. The van der Waals surface area contributed by atoms with E-state index in [0.717, 1.165) is 12.8 Å². The number of aliphatic hydroxyl groups is 1. The standard InChI is InChI=1S/C17H29NO5/c1-6-8-12-11-22-17(20)10-9-13(21-7-2)18(14(12)17)15(19)23-16(3,4)5/h9-10,12-14,20H,6-8,11H2,1-5H3/t12-,13?,14+,17+/m1/s1. The topological polar surface area (TPSA) is 68.2 Å². The summed E-state index contributed by atoms with van der Waals surface area (Å²) < 4.78 is 16.8. The van der Waals surface area contributed by atoms with Crippen LogP contribution in [-0.2, 0) is 14.2 Å². The molecule has 1 fully saturated rings. The summed E-state index contributed by atoms with van der Waals surface area (Å²) in [4.78, 5) is 14.3. The minimum atomic E-state index is -1.47. The van der Waals surface area contributed by atoms with Crippen LogP contribution in [0.1, 0.15) is 47.5 Å². The Morgan fingerprint density at radius 2 is 2.13 bits per heavy atom. The molecule has 1 amide bonds. The van der Waals surface area contributed by atoms with Gasteiger partial charge in [0.25, 0.3) is 0 Å². The molecule has 0 aromatic rings. The lowest BCUT2D eigenvalue weighted by Gasteiger charge is -2.44. The van der Waals surface area contributed by atoms with E-state index in [4.69, 9.17) is 14.2 Å². The third-order valence-electron chi connectivity index (χ3n) is 4.07. The fourth-order valence-corrected chi connectivity index (χ4v) is 3.25. The summed E-state index contributed by atoms with van der Waals surface area (Å²) in [6.07, 6.45) is 4.04. The molecule has 0 radical (unpaired) electrons.